The third-order valence-corrected chi connectivity index (χ3v) is 3.02. The zero-order chi connectivity index (χ0) is 10.7. The van der Waals surface area contributed by atoms with Crippen molar-refractivity contribution in [2.75, 3.05) is 0 Å². The molecule has 2 rings (SSSR count). The molecule has 1 aromatic carbocycles. The van der Waals surface area contributed by atoms with Gasteiger partial charge in [-0.3, -0.25) is 0 Å². The van der Waals surface area contributed by atoms with E-state index in [1.165, 1.54) is 12.0 Å². The van der Waals surface area contributed by atoms with Gasteiger partial charge in [-0.2, -0.15) is 5.26 Å². The lowest BCUT2D eigenvalue weighted by atomic mass is 10.0. The third kappa shape index (κ3) is 2.57. The summed E-state index contributed by atoms with van der Waals surface area (Å²) in [6.45, 7) is 2.24. The van der Waals surface area contributed by atoms with Gasteiger partial charge in [0.25, 0.3) is 0 Å². The second-order valence-electron chi connectivity index (χ2n) is 4.31. The van der Waals surface area contributed by atoms with Gasteiger partial charge < -0.3 is 5.32 Å². The molecule has 3 atom stereocenters. The van der Waals surface area contributed by atoms with E-state index >= 15 is 0 Å². The van der Waals surface area contributed by atoms with E-state index in [0.717, 1.165) is 5.92 Å². The number of hydrogen-bond acceptors (Lipinski definition) is 2. The maximum Gasteiger partial charge on any atom is 0.0641 e. The van der Waals surface area contributed by atoms with Crippen LogP contribution in [0.1, 0.15) is 31.4 Å². The Kier molecular flexibility index (Phi) is 3.03. The first-order chi connectivity index (χ1) is 7.31. The fourth-order valence-electron chi connectivity index (χ4n) is 1.86. The van der Waals surface area contributed by atoms with Crippen LogP contribution in [0, 0.1) is 17.2 Å². The molecule has 2 heteroatoms. The van der Waals surface area contributed by atoms with Gasteiger partial charge in [0.15, 0.2) is 0 Å². The van der Waals surface area contributed by atoms with Crippen molar-refractivity contribution < 1.29 is 0 Å². The SMILES string of the molecule is CC1CC1NC(CC#N)c1ccccc1. The summed E-state index contributed by atoms with van der Waals surface area (Å²) in [7, 11) is 0. The van der Waals surface area contributed by atoms with Crippen LogP contribution in [0.5, 0.6) is 0 Å². The summed E-state index contributed by atoms with van der Waals surface area (Å²) in [6.07, 6.45) is 1.79. The van der Waals surface area contributed by atoms with Crippen LogP contribution in [0.4, 0.5) is 0 Å². The van der Waals surface area contributed by atoms with Crippen molar-refractivity contribution >= 4 is 0 Å². The topological polar surface area (TPSA) is 35.8 Å². The molecule has 0 heterocycles. The minimum atomic E-state index is 0.200. The summed E-state index contributed by atoms with van der Waals surface area (Å²) >= 11 is 0. The number of rotatable bonds is 4. The molecule has 0 spiro atoms. The largest absolute Gasteiger partial charge is 0.306 e. The molecule has 1 N–H and O–H groups in total. The maximum absolute atomic E-state index is 8.81. The molecule has 1 aromatic rings. The van der Waals surface area contributed by atoms with Crippen molar-refractivity contribution in [1.29, 1.82) is 5.26 Å². The van der Waals surface area contributed by atoms with Gasteiger partial charge in [0.1, 0.15) is 0 Å². The standard InChI is InChI=1S/C13H16N2/c1-10-9-13(10)15-12(7-8-14)11-5-3-2-4-6-11/h2-6,10,12-13,15H,7,9H2,1H3. The first-order valence-corrected chi connectivity index (χ1v) is 5.49. The molecule has 1 saturated carbocycles. The molecule has 15 heavy (non-hydrogen) atoms. The van der Waals surface area contributed by atoms with Crippen LogP contribution in [-0.2, 0) is 0 Å². The van der Waals surface area contributed by atoms with Crippen molar-refractivity contribution in [2.45, 2.75) is 31.8 Å². The normalized spacial score (nSPS) is 25.6. The smallest absolute Gasteiger partial charge is 0.0641 e. The molecule has 0 aromatic heterocycles. The highest BCUT2D eigenvalue weighted by Crippen LogP contribution is 2.32. The van der Waals surface area contributed by atoms with Crippen molar-refractivity contribution in [3.05, 3.63) is 35.9 Å². The first kappa shape index (κ1) is 10.2. The van der Waals surface area contributed by atoms with Crippen molar-refractivity contribution in [3.63, 3.8) is 0 Å². The molecule has 0 aliphatic heterocycles. The summed E-state index contributed by atoms with van der Waals surface area (Å²) in [4.78, 5) is 0. The molecule has 0 saturated heterocycles. The molecule has 78 valence electrons. The summed E-state index contributed by atoms with van der Waals surface area (Å²) in [5.41, 5.74) is 1.22. The van der Waals surface area contributed by atoms with Crippen LogP contribution >= 0.6 is 0 Å². The monoisotopic (exact) mass is 200 g/mol. The van der Waals surface area contributed by atoms with Crippen molar-refractivity contribution in [2.24, 2.45) is 5.92 Å². The number of nitrogens with one attached hydrogen (secondary N) is 1. The van der Waals surface area contributed by atoms with Crippen LogP contribution < -0.4 is 5.32 Å². The predicted molar refractivity (Wildman–Crippen MR) is 60.1 cm³/mol. The highest BCUT2D eigenvalue weighted by atomic mass is 15.0. The Bertz CT molecular complexity index is 353. The summed E-state index contributed by atoms with van der Waals surface area (Å²) < 4.78 is 0. The van der Waals surface area contributed by atoms with Crippen LogP contribution in [0.25, 0.3) is 0 Å². The zero-order valence-electron chi connectivity index (χ0n) is 8.98. The number of nitriles is 1. The fraction of sp³-hybridized carbons (Fsp3) is 0.462. The van der Waals surface area contributed by atoms with Crippen molar-refractivity contribution in [3.8, 4) is 6.07 Å². The highest BCUT2D eigenvalue weighted by molar-refractivity contribution is 5.20. The Morgan fingerprint density at radius 2 is 2.13 bits per heavy atom. The molecule has 0 radical (unpaired) electrons. The Hall–Kier alpha value is -1.33. The molecule has 1 aliphatic rings. The number of benzene rings is 1. The van der Waals surface area contributed by atoms with E-state index in [0.29, 0.717) is 12.5 Å². The van der Waals surface area contributed by atoms with E-state index in [4.69, 9.17) is 5.26 Å². The van der Waals surface area contributed by atoms with E-state index < -0.39 is 0 Å². The second kappa shape index (κ2) is 4.46. The van der Waals surface area contributed by atoms with Crippen LogP contribution in [0.2, 0.25) is 0 Å². The molecule has 1 fully saturated rings. The van der Waals surface area contributed by atoms with Gasteiger partial charge in [0.2, 0.25) is 0 Å². The average Bonchev–Trinajstić information content (AvgIpc) is 2.95. The van der Waals surface area contributed by atoms with Gasteiger partial charge in [0.05, 0.1) is 12.5 Å². The third-order valence-electron chi connectivity index (χ3n) is 3.02. The molecular weight excluding hydrogens is 184 g/mol. The van der Waals surface area contributed by atoms with E-state index in [1.54, 1.807) is 0 Å². The molecule has 1 aliphatic carbocycles. The number of hydrogen-bond donors (Lipinski definition) is 1. The quantitative estimate of drug-likeness (QED) is 0.811. The van der Waals surface area contributed by atoms with E-state index in [-0.39, 0.29) is 6.04 Å². The molecule has 2 nitrogen and oxygen atoms in total. The lowest BCUT2D eigenvalue weighted by molar-refractivity contribution is 0.523. The van der Waals surface area contributed by atoms with Gasteiger partial charge in [-0.05, 0) is 17.9 Å². The van der Waals surface area contributed by atoms with E-state index in [9.17, 15) is 0 Å². The lowest BCUT2D eigenvalue weighted by Crippen LogP contribution is -2.24. The number of nitrogens with zero attached hydrogens (tertiary/aromatic N) is 1. The Balaban J connectivity index is 2.03. The predicted octanol–water partition coefficient (Wildman–Crippen LogP) is 2.64. The minimum absolute atomic E-state index is 0.200. The molecule has 3 unspecified atom stereocenters. The second-order valence-corrected chi connectivity index (χ2v) is 4.31. The summed E-state index contributed by atoms with van der Waals surface area (Å²) in [5.74, 6) is 0.773. The van der Waals surface area contributed by atoms with Gasteiger partial charge in [-0.25, -0.2) is 0 Å². The maximum atomic E-state index is 8.81. The van der Waals surface area contributed by atoms with Gasteiger partial charge in [0, 0.05) is 12.1 Å². The minimum Gasteiger partial charge on any atom is -0.306 e. The average molecular weight is 200 g/mol. The zero-order valence-corrected chi connectivity index (χ0v) is 8.98. The lowest BCUT2D eigenvalue weighted by Gasteiger charge is -2.15. The Morgan fingerprint density at radius 3 is 2.67 bits per heavy atom. The van der Waals surface area contributed by atoms with Gasteiger partial charge in [-0.1, -0.05) is 37.3 Å². The van der Waals surface area contributed by atoms with Crippen LogP contribution in [0.3, 0.4) is 0 Å². The fourth-order valence-corrected chi connectivity index (χ4v) is 1.86. The van der Waals surface area contributed by atoms with Crippen molar-refractivity contribution in [1.82, 2.24) is 5.32 Å². The first-order valence-electron chi connectivity index (χ1n) is 5.49. The highest BCUT2D eigenvalue weighted by Gasteiger charge is 2.34. The van der Waals surface area contributed by atoms with Gasteiger partial charge >= 0.3 is 0 Å². The van der Waals surface area contributed by atoms with Crippen LogP contribution in [-0.4, -0.2) is 6.04 Å². The van der Waals surface area contributed by atoms with E-state index in [2.05, 4.69) is 30.4 Å². The van der Waals surface area contributed by atoms with E-state index in [1.807, 2.05) is 18.2 Å². The Labute approximate surface area is 90.9 Å². The summed E-state index contributed by atoms with van der Waals surface area (Å²) in [6, 6.07) is 13.3. The molecule has 0 amide bonds. The summed E-state index contributed by atoms with van der Waals surface area (Å²) in [5, 5.41) is 12.3. The Morgan fingerprint density at radius 1 is 1.47 bits per heavy atom. The molecule has 0 bridgehead atoms. The molecular formula is C13H16N2. The van der Waals surface area contributed by atoms with Gasteiger partial charge in [-0.15, -0.1) is 0 Å². The van der Waals surface area contributed by atoms with Crippen LogP contribution in [0.15, 0.2) is 30.3 Å².